The molecule has 1 aromatic rings. The Labute approximate surface area is 112 Å². The fourth-order valence-corrected chi connectivity index (χ4v) is 2.44. The number of nitrogens with one attached hydrogen (secondary N) is 1. The molecule has 1 atom stereocenters. The van der Waals surface area contributed by atoms with Crippen molar-refractivity contribution in [3.8, 4) is 0 Å². The van der Waals surface area contributed by atoms with Crippen molar-refractivity contribution >= 4 is 16.0 Å². The highest BCUT2D eigenvalue weighted by Crippen LogP contribution is 2.19. The second-order valence-corrected chi connectivity index (χ2v) is 5.80. The van der Waals surface area contributed by atoms with Gasteiger partial charge in [-0.05, 0) is 19.8 Å². The predicted molar refractivity (Wildman–Crippen MR) is 69.1 cm³/mol. The maximum Gasteiger partial charge on any atom is 0.360 e. The van der Waals surface area contributed by atoms with Gasteiger partial charge >= 0.3 is 5.97 Å². The average Bonchev–Trinajstić information content (AvgIpc) is 2.73. The van der Waals surface area contributed by atoms with Crippen molar-refractivity contribution in [2.24, 2.45) is 5.14 Å². The standard InChI is InChI=1S/C11H19N3O4S/c1-4-6-8-10(19(12,16)17)9(14-13-8)11(15)18-7(3)5-2/h7H,4-6H2,1-3H3,(H,13,14)(H2,12,16,17). The van der Waals surface area contributed by atoms with E-state index in [0.717, 1.165) is 0 Å². The number of H-pyrrole nitrogens is 1. The minimum Gasteiger partial charge on any atom is -0.458 e. The van der Waals surface area contributed by atoms with E-state index in [0.29, 0.717) is 25.0 Å². The molecule has 1 heterocycles. The number of rotatable bonds is 6. The lowest BCUT2D eigenvalue weighted by molar-refractivity contribution is 0.0323. The van der Waals surface area contributed by atoms with Gasteiger partial charge in [-0.2, -0.15) is 5.10 Å². The minimum absolute atomic E-state index is 0.261. The Bertz CT molecular complexity index is 550. The van der Waals surface area contributed by atoms with Crippen molar-refractivity contribution in [3.05, 3.63) is 11.4 Å². The molecule has 0 spiro atoms. The van der Waals surface area contributed by atoms with Crippen LogP contribution in [-0.4, -0.2) is 30.7 Å². The van der Waals surface area contributed by atoms with Gasteiger partial charge in [0.2, 0.25) is 10.0 Å². The summed E-state index contributed by atoms with van der Waals surface area (Å²) in [5, 5.41) is 11.4. The number of carbonyl (C=O) groups is 1. The van der Waals surface area contributed by atoms with E-state index in [1.807, 2.05) is 13.8 Å². The van der Waals surface area contributed by atoms with Gasteiger partial charge < -0.3 is 4.74 Å². The first-order valence-corrected chi connectivity index (χ1v) is 7.66. The summed E-state index contributed by atoms with van der Waals surface area (Å²) in [6, 6.07) is 0. The fourth-order valence-electron chi connectivity index (χ4n) is 1.55. The van der Waals surface area contributed by atoms with Gasteiger partial charge in [0, 0.05) is 0 Å². The highest BCUT2D eigenvalue weighted by atomic mass is 32.2. The third kappa shape index (κ3) is 3.77. The molecule has 19 heavy (non-hydrogen) atoms. The van der Waals surface area contributed by atoms with E-state index in [-0.39, 0.29) is 16.7 Å². The van der Waals surface area contributed by atoms with Crippen LogP contribution in [0.5, 0.6) is 0 Å². The van der Waals surface area contributed by atoms with Gasteiger partial charge in [0.1, 0.15) is 4.90 Å². The third-order valence-electron chi connectivity index (χ3n) is 2.65. The summed E-state index contributed by atoms with van der Waals surface area (Å²) in [5.74, 6) is -0.781. The Kier molecular flexibility index (Phi) is 5.07. The van der Waals surface area contributed by atoms with E-state index < -0.39 is 16.0 Å². The molecule has 3 N–H and O–H groups in total. The second kappa shape index (κ2) is 6.16. The molecule has 7 nitrogen and oxygen atoms in total. The number of aromatic amines is 1. The summed E-state index contributed by atoms with van der Waals surface area (Å²) in [6.07, 6.45) is 1.45. The summed E-state index contributed by atoms with van der Waals surface area (Å²) < 4.78 is 28.2. The monoisotopic (exact) mass is 289 g/mol. The zero-order valence-corrected chi connectivity index (χ0v) is 12.1. The second-order valence-electron chi connectivity index (χ2n) is 4.30. The van der Waals surface area contributed by atoms with Crippen LogP contribution in [0.4, 0.5) is 0 Å². The number of hydrogen-bond donors (Lipinski definition) is 2. The number of aromatic nitrogens is 2. The molecule has 0 bridgehead atoms. The molecule has 0 aliphatic carbocycles. The van der Waals surface area contributed by atoms with Crippen LogP contribution in [0.3, 0.4) is 0 Å². The van der Waals surface area contributed by atoms with Gasteiger partial charge in [0.25, 0.3) is 0 Å². The molecule has 0 aliphatic rings. The Hall–Kier alpha value is -1.41. The summed E-state index contributed by atoms with van der Waals surface area (Å²) in [5.41, 5.74) is 0.0624. The van der Waals surface area contributed by atoms with Crippen molar-refractivity contribution < 1.29 is 17.9 Å². The molecule has 0 amide bonds. The number of nitrogens with two attached hydrogens (primary N) is 1. The Morgan fingerprint density at radius 1 is 1.47 bits per heavy atom. The molecule has 0 radical (unpaired) electrons. The molecule has 1 unspecified atom stereocenters. The number of carbonyl (C=O) groups excluding carboxylic acids is 1. The normalized spacial score (nSPS) is 13.3. The first-order valence-electron chi connectivity index (χ1n) is 6.12. The summed E-state index contributed by atoms with van der Waals surface area (Å²) in [6.45, 7) is 5.45. The van der Waals surface area contributed by atoms with E-state index in [1.165, 1.54) is 0 Å². The molecule has 1 aromatic heterocycles. The van der Waals surface area contributed by atoms with Gasteiger partial charge in [-0.15, -0.1) is 0 Å². The summed E-state index contributed by atoms with van der Waals surface area (Å²) in [4.78, 5) is 11.6. The van der Waals surface area contributed by atoms with E-state index >= 15 is 0 Å². The molecule has 0 aliphatic heterocycles. The van der Waals surface area contributed by atoms with Crippen LogP contribution < -0.4 is 5.14 Å². The zero-order chi connectivity index (χ0) is 14.6. The summed E-state index contributed by atoms with van der Waals surface area (Å²) in [7, 11) is -4.03. The smallest absolute Gasteiger partial charge is 0.360 e. The third-order valence-corrected chi connectivity index (χ3v) is 3.66. The molecule has 0 fully saturated rings. The van der Waals surface area contributed by atoms with Crippen LogP contribution >= 0.6 is 0 Å². The van der Waals surface area contributed by atoms with E-state index in [9.17, 15) is 13.2 Å². The molecule has 1 rings (SSSR count). The maximum atomic E-state index is 11.9. The quantitative estimate of drug-likeness (QED) is 0.757. The maximum absolute atomic E-state index is 11.9. The topological polar surface area (TPSA) is 115 Å². The number of aryl methyl sites for hydroxylation is 1. The van der Waals surface area contributed by atoms with Crippen molar-refractivity contribution in [2.45, 2.75) is 51.0 Å². The van der Waals surface area contributed by atoms with Crippen molar-refractivity contribution in [3.63, 3.8) is 0 Å². The van der Waals surface area contributed by atoms with Crippen molar-refractivity contribution in [2.75, 3.05) is 0 Å². The van der Waals surface area contributed by atoms with E-state index in [2.05, 4.69) is 10.2 Å². The Morgan fingerprint density at radius 3 is 2.58 bits per heavy atom. The molecule has 0 saturated heterocycles. The molecule has 108 valence electrons. The van der Waals surface area contributed by atoms with Gasteiger partial charge in [0.15, 0.2) is 5.69 Å². The van der Waals surface area contributed by atoms with Crippen LogP contribution in [-0.2, 0) is 21.2 Å². The van der Waals surface area contributed by atoms with Gasteiger partial charge in [-0.25, -0.2) is 18.4 Å². The Morgan fingerprint density at radius 2 is 2.11 bits per heavy atom. The molecular weight excluding hydrogens is 270 g/mol. The predicted octanol–water partition coefficient (Wildman–Crippen LogP) is 0.965. The number of primary sulfonamides is 1. The molecule has 0 aromatic carbocycles. The minimum atomic E-state index is -4.03. The lowest BCUT2D eigenvalue weighted by Gasteiger charge is -2.10. The fraction of sp³-hybridized carbons (Fsp3) is 0.636. The SMILES string of the molecule is CCCc1[nH]nc(C(=O)OC(C)CC)c1S(N)(=O)=O. The van der Waals surface area contributed by atoms with Crippen molar-refractivity contribution in [1.82, 2.24) is 10.2 Å². The molecule has 0 saturated carbocycles. The highest BCUT2D eigenvalue weighted by molar-refractivity contribution is 7.89. The molecule has 8 heteroatoms. The number of nitrogens with zero attached hydrogens (tertiary/aromatic N) is 1. The molecular formula is C11H19N3O4S. The van der Waals surface area contributed by atoms with Crippen LogP contribution in [0.15, 0.2) is 4.90 Å². The van der Waals surface area contributed by atoms with Crippen molar-refractivity contribution in [1.29, 1.82) is 0 Å². The first-order chi connectivity index (χ1) is 8.81. The van der Waals surface area contributed by atoms with Crippen LogP contribution in [0.1, 0.15) is 49.8 Å². The van der Waals surface area contributed by atoms with Crippen LogP contribution in [0.25, 0.3) is 0 Å². The summed E-state index contributed by atoms with van der Waals surface area (Å²) >= 11 is 0. The number of ether oxygens (including phenoxy) is 1. The lowest BCUT2D eigenvalue weighted by atomic mass is 10.2. The van der Waals surface area contributed by atoms with Crippen LogP contribution in [0.2, 0.25) is 0 Å². The Balaban J connectivity index is 3.18. The van der Waals surface area contributed by atoms with Gasteiger partial charge in [-0.1, -0.05) is 20.3 Å². The van der Waals surface area contributed by atoms with Gasteiger partial charge in [0.05, 0.1) is 11.8 Å². The zero-order valence-electron chi connectivity index (χ0n) is 11.3. The first kappa shape index (κ1) is 15.6. The van der Waals surface area contributed by atoms with Gasteiger partial charge in [-0.3, -0.25) is 5.10 Å². The van der Waals surface area contributed by atoms with E-state index in [1.54, 1.807) is 6.92 Å². The number of esters is 1. The average molecular weight is 289 g/mol. The lowest BCUT2D eigenvalue weighted by Crippen LogP contribution is -2.20. The number of hydrogen-bond acceptors (Lipinski definition) is 5. The van der Waals surface area contributed by atoms with Crippen LogP contribution in [0, 0.1) is 0 Å². The van der Waals surface area contributed by atoms with E-state index in [4.69, 9.17) is 9.88 Å². The number of sulfonamides is 1. The largest absolute Gasteiger partial charge is 0.458 e. The highest BCUT2D eigenvalue weighted by Gasteiger charge is 2.28.